The van der Waals surface area contributed by atoms with E-state index in [1.165, 1.54) is 63.3 Å². The lowest BCUT2D eigenvalue weighted by molar-refractivity contribution is -0.157. The summed E-state index contributed by atoms with van der Waals surface area (Å²) in [6, 6.07) is -5.95. The lowest BCUT2D eigenvalue weighted by atomic mass is 10.00. The average molecular weight is 880 g/mol. The van der Waals surface area contributed by atoms with Gasteiger partial charge >= 0.3 is 0 Å². The number of unbranched alkanes of at least 4 members (excludes halogenated alkanes) is 12. The van der Waals surface area contributed by atoms with Crippen molar-refractivity contribution in [3.05, 3.63) is 0 Å². The number of hydrazine groups is 1. The van der Waals surface area contributed by atoms with Crippen molar-refractivity contribution in [2.75, 3.05) is 26.2 Å². The van der Waals surface area contributed by atoms with Crippen LogP contribution in [0.5, 0.6) is 0 Å². The Morgan fingerprint density at radius 3 is 2.08 bits per heavy atom. The third-order valence-electron chi connectivity index (χ3n) is 11.1. The molecule has 2 unspecified atom stereocenters. The van der Waals surface area contributed by atoms with Crippen LogP contribution in [0.2, 0.25) is 0 Å². The molecule has 2 aliphatic rings. The van der Waals surface area contributed by atoms with Gasteiger partial charge in [0.15, 0.2) is 0 Å². The zero-order valence-electron chi connectivity index (χ0n) is 37.2. The van der Waals surface area contributed by atoms with Crippen molar-refractivity contribution in [1.29, 1.82) is 0 Å². The monoisotopic (exact) mass is 880 g/mol. The first kappa shape index (κ1) is 53.3. The van der Waals surface area contributed by atoms with Crippen molar-refractivity contribution < 1.29 is 42.8 Å². The number of carbonyl (C=O) groups is 8. The molecule has 0 spiro atoms. The molecular formula is C42H74FN11O8. The molecule has 2 rings (SSSR count). The molecule has 352 valence electrons. The Labute approximate surface area is 365 Å². The fourth-order valence-corrected chi connectivity index (χ4v) is 7.65. The van der Waals surface area contributed by atoms with Crippen molar-refractivity contribution in [2.45, 2.75) is 179 Å². The summed E-state index contributed by atoms with van der Waals surface area (Å²) in [6.45, 7) is 5.45. The summed E-state index contributed by atoms with van der Waals surface area (Å²) in [6.07, 6.45) is 17.8. The largest absolute Gasteiger partial charge is 0.368 e. The number of carbonyl (C=O) groups excluding carboxylic acids is 8. The zero-order valence-corrected chi connectivity index (χ0v) is 37.2. The van der Waals surface area contributed by atoms with E-state index in [1.807, 2.05) is 0 Å². The average Bonchev–Trinajstić information content (AvgIpc) is 3.73. The number of hydrogen-bond acceptors (Lipinski definition) is 10. The van der Waals surface area contributed by atoms with Gasteiger partial charge in [-0.05, 0) is 44.4 Å². The van der Waals surface area contributed by atoms with Gasteiger partial charge in [-0.2, -0.15) is 0 Å². The van der Waals surface area contributed by atoms with Gasteiger partial charge < -0.3 is 37.6 Å². The van der Waals surface area contributed by atoms with Crippen LogP contribution in [-0.4, -0.2) is 120 Å². The highest BCUT2D eigenvalue weighted by molar-refractivity contribution is 6.00. The molecule has 20 heteroatoms. The maximum absolute atomic E-state index is 13.7. The molecule has 2 heterocycles. The Morgan fingerprint density at radius 1 is 0.887 bits per heavy atom. The highest BCUT2D eigenvalue weighted by atomic mass is 19.2. The molecule has 2 fully saturated rings. The molecule has 8 amide bonds. The summed E-state index contributed by atoms with van der Waals surface area (Å²) in [7, 11) is 0. The summed E-state index contributed by atoms with van der Waals surface area (Å²) in [5, 5.41) is 10.8. The molecule has 0 bridgehead atoms. The summed E-state index contributed by atoms with van der Waals surface area (Å²) in [5.41, 5.74) is 14.9. The van der Waals surface area contributed by atoms with E-state index in [0.717, 1.165) is 37.0 Å². The minimum Gasteiger partial charge on any atom is -0.368 e. The van der Waals surface area contributed by atoms with E-state index in [9.17, 15) is 42.8 Å². The lowest BCUT2D eigenvalue weighted by Crippen LogP contribution is -2.67. The number of hydrogen-bond donors (Lipinski definition) is 8. The standard InChI is InChI=1S/C42H74FN11O8/c1-4-5-6-7-8-9-10-11-12-13-14-15-16-21-37(57)53-23-18-20-33(53)40(60)47-27-36(56)49-31-25-35(55)52-54(42(31)62)34(24-29(2)3)41(61)51-32(26-44)39(59)50-30(38(45)58)19-17-22-46-28-48-43/h28-34H,4-27,44H2,1-3H3,(H2,45,58)(H,46,48)(H,47,60)(H,49,56)(H,50,59)(H,51,61)(H,52,55)/t30?,31-,32-,33-,34?/m0/s1. The van der Waals surface area contributed by atoms with Crippen LogP contribution in [0.1, 0.15) is 149 Å². The van der Waals surface area contributed by atoms with Crippen molar-refractivity contribution in [3.8, 4) is 0 Å². The number of rotatable bonds is 32. The molecule has 0 aliphatic carbocycles. The molecule has 0 saturated carbocycles. The van der Waals surface area contributed by atoms with Gasteiger partial charge in [0.1, 0.15) is 36.5 Å². The van der Waals surface area contributed by atoms with E-state index in [0.29, 0.717) is 25.8 Å². The summed E-state index contributed by atoms with van der Waals surface area (Å²) < 4.78 is 12.0. The Kier molecular flexibility index (Phi) is 26.0. The van der Waals surface area contributed by atoms with E-state index >= 15 is 0 Å². The van der Waals surface area contributed by atoms with E-state index in [-0.39, 0.29) is 37.6 Å². The molecule has 19 nitrogen and oxygen atoms in total. The SMILES string of the molecule is CCCCCCCCCCCCCCCC(=O)N1CCC[C@H]1C(=O)NCC(=O)N[C@H]1CC(=O)NN(C(CC(C)C)C(=O)N[C@@H](CN)C(=O)NC(CCCN=CNF)C(N)=O)C1=O. The van der Waals surface area contributed by atoms with Crippen LogP contribution in [-0.2, 0) is 38.4 Å². The first-order valence-corrected chi connectivity index (χ1v) is 22.7. The predicted octanol–water partition coefficient (Wildman–Crippen LogP) is 1.43. The van der Waals surface area contributed by atoms with Crippen molar-refractivity contribution >= 4 is 53.6 Å². The van der Waals surface area contributed by atoms with Crippen LogP contribution in [0.3, 0.4) is 0 Å². The number of likely N-dealkylation sites (tertiary alicyclic amines) is 1. The third kappa shape index (κ3) is 19.9. The van der Waals surface area contributed by atoms with Gasteiger partial charge in [-0.15, -0.1) is 4.48 Å². The molecule has 5 atom stereocenters. The van der Waals surface area contributed by atoms with Gasteiger partial charge in [0, 0.05) is 26.1 Å². The highest BCUT2D eigenvalue weighted by Crippen LogP contribution is 2.21. The molecule has 0 aromatic heterocycles. The van der Waals surface area contributed by atoms with Crippen molar-refractivity contribution in [2.24, 2.45) is 22.4 Å². The molecule has 10 N–H and O–H groups in total. The maximum atomic E-state index is 13.7. The lowest BCUT2D eigenvalue weighted by Gasteiger charge is -2.38. The molecule has 2 aliphatic heterocycles. The van der Waals surface area contributed by atoms with Crippen molar-refractivity contribution in [3.63, 3.8) is 0 Å². The van der Waals surface area contributed by atoms with Gasteiger partial charge in [-0.25, -0.2) is 10.5 Å². The number of nitrogens with zero attached hydrogens (tertiary/aromatic N) is 3. The van der Waals surface area contributed by atoms with Gasteiger partial charge in [-0.3, -0.25) is 48.8 Å². The fraction of sp³-hybridized carbons (Fsp3) is 0.786. The van der Waals surface area contributed by atoms with Gasteiger partial charge in [-0.1, -0.05) is 97.8 Å². The topological polar surface area (TPSA) is 280 Å². The first-order valence-electron chi connectivity index (χ1n) is 22.7. The van der Waals surface area contributed by atoms with Gasteiger partial charge in [0.2, 0.25) is 41.4 Å². The number of nitrogens with one attached hydrogen (secondary N) is 6. The zero-order chi connectivity index (χ0) is 45.9. The normalized spacial score (nSPS) is 18.0. The maximum Gasteiger partial charge on any atom is 0.264 e. The minimum atomic E-state index is -1.38. The predicted molar refractivity (Wildman–Crippen MR) is 232 cm³/mol. The Bertz CT molecular complexity index is 1490. The van der Waals surface area contributed by atoms with Gasteiger partial charge in [0.25, 0.3) is 5.91 Å². The number of halogens is 1. The molecule has 62 heavy (non-hydrogen) atoms. The fourth-order valence-electron chi connectivity index (χ4n) is 7.65. The number of nitrogens with two attached hydrogens (primary N) is 2. The van der Waals surface area contributed by atoms with Crippen LogP contribution in [0, 0.1) is 5.92 Å². The van der Waals surface area contributed by atoms with Crippen LogP contribution >= 0.6 is 0 Å². The van der Waals surface area contributed by atoms with E-state index in [1.54, 1.807) is 18.7 Å². The summed E-state index contributed by atoms with van der Waals surface area (Å²) >= 11 is 0. The molecule has 0 aromatic rings. The smallest absolute Gasteiger partial charge is 0.264 e. The molecule has 0 aromatic carbocycles. The van der Waals surface area contributed by atoms with E-state index < -0.39 is 91.1 Å². The first-order chi connectivity index (χ1) is 29.7. The Morgan fingerprint density at radius 2 is 1.50 bits per heavy atom. The summed E-state index contributed by atoms with van der Waals surface area (Å²) in [5.74, 6) is -5.54. The van der Waals surface area contributed by atoms with Gasteiger partial charge in [0.05, 0.1) is 13.0 Å². The number of primary amides is 1. The Hall–Kier alpha value is -4.88. The number of amides is 8. The highest BCUT2D eigenvalue weighted by Gasteiger charge is 2.42. The Balaban J connectivity index is 1.89. The third-order valence-corrected chi connectivity index (χ3v) is 11.1. The second-order valence-corrected chi connectivity index (χ2v) is 16.7. The molecule has 2 saturated heterocycles. The van der Waals surface area contributed by atoms with Crippen LogP contribution in [0.15, 0.2) is 4.99 Å². The quantitative estimate of drug-likeness (QED) is 0.0208. The van der Waals surface area contributed by atoms with Crippen LogP contribution < -0.4 is 43.7 Å². The van der Waals surface area contributed by atoms with Crippen LogP contribution in [0.4, 0.5) is 4.48 Å². The van der Waals surface area contributed by atoms with E-state index in [4.69, 9.17) is 11.5 Å². The summed E-state index contributed by atoms with van der Waals surface area (Å²) in [4.78, 5) is 110. The number of aliphatic imine (C=N–C) groups is 1. The van der Waals surface area contributed by atoms with Crippen molar-refractivity contribution in [1.82, 2.24) is 42.1 Å². The molecular weight excluding hydrogens is 806 g/mol. The minimum absolute atomic E-state index is 0.0294. The molecule has 0 radical (unpaired) electrons. The van der Waals surface area contributed by atoms with E-state index in [2.05, 4.69) is 38.6 Å². The van der Waals surface area contributed by atoms with Crippen LogP contribution in [0.25, 0.3) is 0 Å². The second-order valence-electron chi connectivity index (χ2n) is 16.7. The second kappa shape index (κ2) is 30.2.